The van der Waals surface area contributed by atoms with E-state index >= 15 is 0 Å². The average molecular weight is 268 g/mol. The molecule has 2 heteroatoms. The standard InChI is InChI=1S/C17H20OSi/c1-3-19(4-2)16-13-9-8-12-15(16)17(18-19)14-10-6-5-7-11-14/h5-13,17H,3-4H2,1-2H3/t17-/m0/s1. The molecule has 1 heterocycles. The summed E-state index contributed by atoms with van der Waals surface area (Å²) >= 11 is 0. The van der Waals surface area contributed by atoms with Crippen molar-refractivity contribution in [2.24, 2.45) is 0 Å². The quantitative estimate of drug-likeness (QED) is 0.765. The molecule has 0 spiro atoms. The van der Waals surface area contributed by atoms with Crippen LogP contribution in [0.5, 0.6) is 0 Å². The van der Waals surface area contributed by atoms with Crippen molar-refractivity contribution >= 4 is 13.5 Å². The molecule has 1 nitrogen and oxygen atoms in total. The second-order valence-corrected chi connectivity index (χ2v) is 9.37. The van der Waals surface area contributed by atoms with Gasteiger partial charge in [0.15, 0.2) is 0 Å². The lowest BCUT2D eigenvalue weighted by atomic mass is 10.0. The van der Waals surface area contributed by atoms with Gasteiger partial charge in [-0.05, 0) is 28.4 Å². The molecule has 3 rings (SSSR count). The summed E-state index contributed by atoms with van der Waals surface area (Å²) in [6, 6.07) is 21.7. The molecule has 0 aromatic heterocycles. The van der Waals surface area contributed by atoms with Crippen molar-refractivity contribution in [3.63, 3.8) is 0 Å². The molecule has 1 atom stereocenters. The van der Waals surface area contributed by atoms with Gasteiger partial charge in [0.2, 0.25) is 8.32 Å². The van der Waals surface area contributed by atoms with Gasteiger partial charge in [-0.25, -0.2) is 0 Å². The van der Waals surface area contributed by atoms with Gasteiger partial charge in [-0.1, -0.05) is 68.4 Å². The third-order valence-corrected chi connectivity index (χ3v) is 8.73. The van der Waals surface area contributed by atoms with Crippen LogP contribution >= 0.6 is 0 Å². The van der Waals surface area contributed by atoms with E-state index in [-0.39, 0.29) is 6.10 Å². The lowest BCUT2D eigenvalue weighted by Gasteiger charge is -2.25. The molecule has 0 amide bonds. The lowest BCUT2D eigenvalue weighted by molar-refractivity contribution is 0.253. The summed E-state index contributed by atoms with van der Waals surface area (Å²) in [4.78, 5) is 0. The van der Waals surface area contributed by atoms with E-state index in [0.717, 1.165) is 12.1 Å². The first-order valence-corrected chi connectivity index (χ1v) is 9.45. The van der Waals surface area contributed by atoms with Gasteiger partial charge < -0.3 is 4.43 Å². The highest BCUT2D eigenvalue weighted by molar-refractivity contribution is 6.87. The fraction of sp³-hybridized carbons (Fsp3) is 0.294. The summed E-state index contributed by atoms with van der Waals surface area (Å²) in [5, 5.41) is 1.51. The van der Waals surface area contributed by atoms with Crippen molar-refractivity contribution in [2.45, 2.75) is 32.0 Å². The molecule has 0 bridgehead atoms. The van der Waals surface area contributed by atoms with Crippen LogP contribution in [-0.2, 0) is 4.43 Å². The number of benzene rings is 2. The Morgan fingerprint density at radius 2 is 1.53 bits per heavy atom. The molecule has 0 saturated heterocycles. The second kappa shape index (κ2) is 4.95. The molecule has 98 valence electrons. The molecule has 0 unspecified atom stereocenters. The third kappa shape index (κ3) is 1.95. The zero-order chi connectivity index (χ0) is 13.3. The van der Waals surface area contributed by atoms with Crippen LogP contribution < -0.4 is 5.19 Å². The number of hydrogen-bond donors (Lipinski definition) is 0. The maximum Gasteiger partial charge on any atom is 0.225 e. The van der Waals surface area contributed by atoms with Gasteiger partial charge in [0, 0.05) is 0 Å². The second-order valence-electron chi connectivity index (χ2n) is 5.20. The van der Waals surface area contributed by atoms with Gasteiger partial charge in [0.25, 0.3) is 0 Å². The predicted octanol–water partition coefficient (Wildman–Crippen LogP) is 4.00. The first-order valence-electron chi connectivity index (χ1n) is 7.13. The topological polar surface area (TPSA) is 9.23 Å². The highest BCUT2D eigenvalue weighted by Gasteiger charge is 2.45. The van der Waals surface area contributed by atoms with E-state index in [1.54, 1.807) is 0 Å². The van der Waals surface area contributed by atoms with Crippen LogP contribution in [-0.4, -0.2) is 8.32 Å². The Labute approximate surface area is 116 Å². The van der Waals surface area contributed by atoms with Gasteiger partial charge in [-0.3, -0.25) is 0 Å². The fourth-order valence-corrected chi connectivity index (χ4v) is 6.74. The molecule has 0 fully saturated rings. The molecule has 19 heavy (non-hydrogen) atoms. The van der Waals surface area contributed by atoms with E-state index in [1.165, 1.54) is 16.3 Å². The van der Waals surface area contributed by atoms with Crippen molar-refractivity contribution in [1.29, 1.82) is 0 Å². The molecule has 1 aliphatic rings. The Kier molecular flexibility index (Phi) is 3.29. The molecular formula is C17H20OSi. The zero-order valence-electron chi connectivity index (χ0n) is 11.6. The van der Waals surface area contributed by atoms with Crippen molar-refractivity contribution in [1.82, 2.24) is 0 Å². The van der Waals surface area contributed by atoms with Crippen molar-refractivity contribution < 1.29 is 4.43 Å². The Morgan fingerprint density at radius 3 is 2.21 bits per heavy atom. The Morgan fingerprint density at radius 1 is 0.895 bits per heavy atom. The van der Waals surface area contributed by atoms with Crippen LogP contribution in [0.15, 0.2) is 54.6 Å². The van der Waals surface area contributed by atoms with Gasteiger partial charge >= 0.3 is 0 Å². The van der Waals surface area contributed by atoms with Crippen LogP contribution in [0.25, 0.3) is 0 Å². The summed E-state index contributed by atoms with van der Waals surface area (Å²) in [6.07, 6.45) is 0.143. The Hall–Kier alpha value is -1.38. The fourth-order valence-electron chi connectivity index (χ4n) is 3.17. The summed E-state index contributed by atoms with van der Waals surface area (Å²) in [5.41, 5.74) is 2.68. The highest BCUT2D eigenvalue weighted by atomic mass is 28.4. The Balaban J connectivity index is 2.12. The SMILES string of the molecule is CC[Si]1(CC)O[C@@H](c2ccccc2)c2ccccc21. The monoisotopic (exact) mass is 268 g/mol. The van der Waals surface area contributed by atoms with E-state index in [2.05, 4.69) is 68.4 Å². The van der Waals surface area contributed by atoms with E-state index in [1.807, 2.05) is 0 Å². The summed E-state index contributed by atoms with van der Waals surface area (Å²) in [7, 11) is -1.75. The van der Waals surface area contributed by atoms with E-state index in [9.17, 15) is 0 Å². The minimum atomic E-state index is -1.75. The van der Waals surface area contributed by atoms with E-state index < -0.39 is 8.32 Å². The van der Waals surface area contributed by atoms with E-state index in [0.29, 0.717) is 0 Å². The highest BCUT2D eigenvalue weighted by Crippen LogP contribution is 2.38. The molecule has 0 aliphatic carbocycles. The maximum absolute atomic E-state index is 6.64. The van der Waals surface area contributed by atoms with Crippen LogP contribution in [0.2, 0.25) is 12.1 Å². The largest absolute Gasteiger partial charge is 0.401 e. The average Bonchev–Trinajstić information content (AvgIpc) is 2.84. The molecular weight excluding hydrogens is 248 g/mol. The number of fused-ring (bicyclic) bond motifs is 1. The Bertz CT molecular complexity index is 560. The minimum Gasteiger partial charge on any atom is -0.401 e. The summed E-state index contributed by atoms with van der Waals surface area (Å²) in [5.74, 6) is 0. The van der Waals surface area contributed by atoms with E-state index in [4.69, 9.17) is 4.43 Å². The van der Waals surface area contributed by atoms with Crippen LogP contribution in [0.4, 0.5) is 0 Å². The number of hydrogen-bond acceptors (Lipinski definition) is 1. The predicted molar refractivity (Wildman–Crippen MR) is 82.2 cm³/mol. The van der Waals surface area contributed by atoms with Crippen LogP contribution in [0.1, 0.15) is 31.1 Å². The van der Waals surface area contributed by atoms with Gasteiger partial charge in [-0.2, -0.15) is 0 Å². The normalized spacial score (nSPS) is 20.2. The molecule has 2 aromatic rings. The molecule has 2 aromatic carbocycles. The van der Waals surface area contributed by atoms with Crippen LogP contribution in [0.3, 0.4) is 0 Å². The van der Waals surface area contributed by atoms with Gasteiger partial charge in [0.05, 0.1) is 6.10 Å². The molecule has 0 N–H and O–H groups in total. The third-order valence-electron chi connectivity index (χ3n) is 4.32. The lowest BCUT2D eigenvalue weighted by Crippen LogP contribution is -2.45. The zero-order valence-corrected chi connectivity index (χ0v) is 12.6. The van der Waals surface area contributed by atoms with Crippen molar-refractivity contribution in [2.75, 3.05) is 0 Å². The van der Waals surface area contributed by atoms with Gasteiger partial charge in [-0.15, -0.1) is 0 Å². The summed E-state index contributed by atoms with van der Waals surface area (Å²) in [6.45, 7) is 4.56. The first kappa shape index (κ1) is 12.6. The molecule has 0 saturated carbocycles. The molecule has 0 radical (unpaired) electrons. The molecule has 1 aliphatic heterocycles. The number of rotatable bonds is 3. The first-order chi connectivity index (χ1) is 9.30. The van der Waals surface area contributed by atoms with Gasteiger partial charge in [0.1, 0.15) is 0 Å². The van der Waals surface area contributed by atoms with Crippen molar-refractivity contribution in [3.05, 3.63) is 65.7 Å². The van der Waals surface area contributed by atoms with Crippen molar-refractivity contribution in [3.8, 4) is 0 Å². The minimum absolute atomic E-state index is 0.143. The smallest absolute Gasteiger partial charge is 0.225 e. The van der Waals surface area contributed by atoms with Crippen LogP contribution in [0, 0.1) is 0 Å². The maximum atomic E-state index is 6.64. The summed E-state index contributed by atoms with van der Waals surface area (Å²) < 4.78 is 6.64.